The summed E-state index contributed by atoms with van der Waals surface area (Å²) >= 11 is 0. The summed E-state index contributed by atoms with van der Waals surface area (Å²) in [7, 11) is 0. The van der Waals surface area contributed by atoms with Gasteiger partial charge in [0, 0.05) is 18.3 Å². The summed E-state index contributed by atoms with van der Waals surface area (Å²) in [5.74, 6) is -0.851. The molecule has 2 aromatic carbocycles. The first-order chi connectivity index (χ1) is 12.2. The lowest BCUT2D eigenvalue weighted by molar-refractivity contribution is -0.146. The van der Waals surface area contributed by atoms with E-state index < -0.39 is 11.8 Å². The highest BCUT2D eigenvalue weighted by molar-refractivity contribution is 6.40. The van der Waals surface area contributed by atoms with Gasteiger partial charge in [-0.3, -0.25) is 14.5 Å². The van der Waals surface area contributed by atoms with Gasteiger partial charge in [-0.05, 0) is 43.9 Å². The summed E-state index contributed by atoms with van der Waals surface area (Å²) in [6.07, 6.45) is 3.04. The molecule has 1 aliphatic rings. The van der Waals surface area contributed by atoms with Gasteiger partial charge in [0.1, 0.15) is 0 Å². The van der Waals surface area contributed by atoms with Crippen molar-refractivity contribution in [2.45, 2.75) is 38.8 Å². The van der Waals surface area contributed by atoms with Crippen LogP contribution < -0.4 is 4.90 Å². The molecule has 0 spiro atoms. The predicted molar refractivity (Wildman–Crippen MR) is 99.1 cm³/mol. The zero-order valence-electron chi connectivity index (χ0n) is 14.6. The molecule has 3 rings (SSSR count). The van der Waals surface area contributed by atoms with Gasteiger partial charge in [0.2, 0.25) is 0 Å². The number of piperidine rings is 1. The van der Waals surface area contributed by atoms with Crippen molar-refractivity contribution < 1.29 is 9.59 Å². The van der Waals surface area contributed by atoms with E-state index in [1.165, 1.54) is 0 Å². The Morgan fingerprint density at radius 3 is 2.28 bits per heavy atom. The second kappa shape index (κ2) is 7.97. The monoisotopic (exact) mass is 336 g/mol. The van der Waals surface area contributed by atoms with Crippen molar-refractivity contribution in [1.29, 1.82) is 0 Å². The molecule has 2 aromatic rings. The fraction of sp³-hybridized carbons (Fsp3) is 0.333. The molecule has 1 unspecified atom stereocenters. The van der Waals surface area contributed by atoms with Gasteiger partial charge in [-0.15, -0.1) is 0 Å². The molecule has 0 aliphatic carbocycles. The van der Waals surface area contributed by atoms with Gasteiger partial charge in [0.25, 0.3) is 0 Å². The Labute approximate surface area is 149 Å². The van der Waals surface area contributed by atoms with Gasteiger partial charge >= 0.3 is 11.8 Å². The fourth-order valence-electron chi connectivity index (χ4n) is 3.29. The zero-order chi connectivity index (χ0) is 17.6. The van der Waals surface area contributed by atoms with E-state index >= 15 is 0 Å². The molecular weight excluding hydrogens is 312 g/mol. The molecular formula is C21H24N2O2. The smallest absolute Gasteiger partial charge is 0.316 e. The number of hydrogen-bond acceptors (Lipinski definition) is 2. The van der Waals surface area contributed by atoms with Gasteiger partial charge in [0.05, 0.1) is 6.54 Å². The average molecular weight is 336 g/mol. The molecule has 0 radical (unpaired) electrons. The van der Waals surface area contributed by atoms with Crippen molar-refractivity contribution in [2.75, 3.05) is 11.4 Å². The van der Waals surface area contributed by atoms with Crippen molar-refractivity contribution in [1.82, 2.24) is 4.90 Å². The standard InChI is InChI=1S/C21H24N2O2/c1-17-10-8-9-15-22(17)20(24)21(25)23(19-13-6-3-7-14-19)16-18-11-4-2-5-12-18/h2-7,11-14,17H,8-10,15-16H2,1H3. The van der Waals surface area contributed by atoms with E-state index in [4.69, 9.17) is 0 Å². The molecule has 130 valence electrons. The lowest BCUT2D eigenvalue weighted by Gasteiger charge is -2.34. The maximum atomic E-state index is 13.0. The van der Waals surface area contributed by atoms with E-state index in [1.807, 2.05) is 67.6 Å². The highest BCUT2D eigenvalue weighted by Gasteiger charge is 2.32. The number of benzene rings is 2. The van der Waals surface area contributed by atoms with Gasteiger partial charge in [-0.2, -0.15) is 0 Å². The van der Waals surface area contributed by atoms with E-state index in [2.05, 4.69) is 0 Å². The summed E-state index contributed by atoms with van der Waals surface area (Å²) in [4.78, 5) is 29.2. The maximum Gasteiger partial charge on any atom is 0.316 e. The van der Waals surface area contributed by atoms with Crippen LogP contribution in [0, 0.1) is 0 Å². The molecule has 1 fully saturated rings. The Bertz CT molecular complexity index is 715. The van der Waals surface area contributed by atoms with Crippen molar-refractivity contribution in [2.24, 2.45) is 0 Å². The molecule has 1 heterocycles. The molecule has 0 bridgehead atoms. The lowest BCUT2D eigenvalue weighted by Crippen LogP contribution is -2.50. The van der Waals surface area contributed by atoms with Crippen molar-refractivity contribution >= 4 is 17.5 Å². The molecule has 1 atom stereocenters. The van der Waals surface area contributed by atoms with Gasteiger partial charge in [-0.1, -0.05) is 48.5 Å². The van der Waals surface area contributed by atoms with Gasteiger partial charge < -0.3 is 4.90 Å². The highest BCUT2D eigenvalue weighted by atomic mass is 16.2. The van der Waals surface area contributed by atoms with Crippen LogP contribution in [0.5, 0.6) is 0 Å². The van der Waals surface area contributed by atoms with Gasteiger partial charge in [-0.25, -0.2) is 0 Å². The quantitative estimate of drug-likeness (QED) is 0.803. The van der Waals surface area contributed by atoms with Crippen LogP contribution >= 0.6 is 0 Å². The van der Waals surface area contributed by atoms with Crippen LogP contribution in [0.2, 0.25) is 0 Å². The zero-order valence-corrected chi connectivity index (χ0v) is 14.6. The molecule has 4 nitrogen and oxygen atoms in total. The molecule has 0 aromatic heterocycles. The summed E-state index contributed by atoms with van der Waals surface area (Å²) in [6, 6.07) is 19.3. The summed E-state index contributed by atoms with van der Waals surface area (Å²) in [6.45, 7) is 3.08. The van der Waals surface area contributed by atoms with Crippen molar-refractivity contribution in [3.63, 3.8) is 0 Å². The molecule has 1 saturated heterocycles. The number of rotatable bonds is 3. The number of hydrogen-bond donors (Lipinski definition) is 0. The van der Waals surface area contributed by atoms with Crippen LogP contribution in [-0.2, 0) is 16.1 Å². The van der Waals surface area contributed by atoms with E-state index in [-0.39, 0.29) is 6.04 Å². The minimum absolute atomic E-state index is 0.125. The average Bonchev–Trinajstić information content (AvgIpc) is 2.67. The maximum absolute atomic E-state index is 13.0. The molecule has 1 aliphatic heterocycles. The van der Waals surface area contributed by atoms with Gasteiger partial charge in [0.15, 0.2) is 0 Å². The normalized spacial score (nSPS) is 17.2. The molecule has 0 saturated carbocycles. The minimum atomic E-state index is -0.455. The third-order valence-electron chi connectivity index (χ3n) is 4.74. The first-order valence-electron chi connectivity index (χ1n) is 8.88. The van der Waals surface area contributed by atoms with Crippen molar-refractivity contribution in [3.05, 3.63) is 66.2 Å². The Kier molecular flexibility index (Phi) is 5.49. The second-order valence-electron chi connectivity index (χ2n) is 6.56. The van der Waals surface area contributed by atoms with Crippen LogP contribution in [0.25, 0.3) is 0 Å². The Morgan fingerprint density at radius 1 is 1.00 bits per heavy atom. The Hall–Kier alpha value is -2.62. The number of anilines is 1. The highest BCUT2D eigenvalue weighted by Crippen LogP contribution is 2.21. The lowest BCUT2D eigenvalue weighted by atomic mass is 10.0. The first kappa shape index (κ1) is 17.2. The fourth-order valence-corrected chi connectivity index (χ4v) is 3.29. The number of para-hydroxylation sites is 1. The van der Waals surface area contributed by atoms with E-state index in [1.54, 1.807) is 9.80 Å². The SMILES string of the molecule is CC1CCCCN1C(=O)C(=O)N(Cc1ccccc1)c1ccccc1. The number of amides is 2. The number of nitrogens with zero attached hydrogens (tertiary/aromatic N) is 2. The molecule has 4 heteroatoms. The number of carbonyl (C=O) groups is 2. The van der Waals surface area contributed by atoms with Crippen LogP contribution in [0.3, 0.4) is 0 Å². The second-order valence-corrected chi connectivity index (χ2v) is 6.56. The third kappa shape index (κ3) is 4.08. The van der Waals surface area contributed by atoms with Crippen molar-refractivity contribution in [3.8, 4) is 0 Å². The summed E-state index contributed by atoms with van der Waals surface area (Å²) in [5, 5.41) is 0. The predicted octanol–water partition coefficient (Wildman–Crippen LogP) is 3.62. The third-order valence-corrected chi connectivity index (χ3v) is 4.74. The summed E-state index contributed by atoms with van der Waals surface area (Å²) < 4.78 is 0. The van der Waals surface area contributed by atoms with E-state index in [0.717, 1.165) is 30.5 Å². The molecule has 2 amide bonds. The Balaban J connectivity index is 1.85. The van der Waals surface area contributed by atoms with Crippen LogP contribution in [0.15, 0.2) is 60.7 Å². The Morgan fingerprint density at radius 2 is 1.64 bits per heavy atom. The number of carbonyl (C=O) groups excluding carboxylic acids is 2. The van der Waals surface area contributed by atoms with E-state index in [0.29, 0.717) is 13.1 Å². The van der Waals surface area contributed by atoms with Crippen LogP contribution in [0.1, 0.15) is 31.7 Å². The topological polar surface area (TPSA) is 40.6 Å². The number of likely N-dealkylation sites (tertiary alicyclic amines) is 1. The molecule has 0 N–H and O–H groups in total. The minimum Gasteiger partial charge on any atom is -0.332 e. The van der Waals surface area contributed by atoms with Crippen LogP contribution in [-0.4, -0.2) is 29.3 Å². The summed E-state index contributed by atoms with van der Waals surface area (Å²) in [5.41, 5.74) is 1.74. The first-order valence-corrected chi connectivity index (χ1v) is 8.88. The molecule has 25 heavy (non-hydrogen) atoms. The van der Waals surface area contributed by atoms with Crippen LogP contribution in [0.4, 0.5) is 5.69 Å². The van der Waals surface area contributed by atoms with E-state index in [9.17, 15) is 9.59 Å². The largest absolute Gasteiger partial charge is 0.332 e.